The average Bonchev–Trinajstić information content (AvgIpc) is 2.78. The van der Waals surface area contributed by atoms with Crippen molar-refractivity contribution in [2.45, 2.75) is 46.2 Å². The average molecular weight is 431 g/mol. The SMILES string of the molecule is CC(C)N(CCOc1ccc(NC(=O)c2ccc(Cc3ccccc3)cc2)cc1)C(C)C. The number of nitrogens with zero attached hydrogens (tertiary/aromatic N) is 1. The molecule has 3 rings (SSSR count). The summed E-state index contributed by atoms with van der Waals surface area (Å²) in [6.45, 7) is 10.3. The number of rotatable bonds is 10. The Balaban J connectivity index is 1.50. The van der Waals surface area contributed by atoms with Gasteiger partial charge in [0.25, 0.3) is 5.91 Å². The molecule has 0 spiro atoms. The number of anilines is 1. The molecule has 0 saturated carbocycles. The Morgan fingerprint density at radius 1 is 0.812 bits per heavy atom. The number of carbonyl (C=O) groups is 1. The molecular weight excluding hydrogens is 396 g/mol. The molecule has 4 nitrogen and oxygen atoms in total. The predicted octanol–water partition coefficient (Wildman–Crippen LogP) is 6.03. The van der Waals surface area contributed by atoms with Crippen molar-refractivity contribution in [3.8, 4) is 5.75 Å². The first-order chi connectivity index (χ1) is 15.4. The minimum atomic E-state index is -0.116. The Hall–Kier alpha value is -3.11. The Morgan fingerprint density at radius 2 is 1.41 bits per heavy atom. The maximum Gasteiger partial charge on any atom is 0.255 e. The van der Waals surface area contributed by atoms with Gasteiger partial charge in [-0.1, -0.05) is 42.5 Å². The zero-order valence-corrected chi connectivity index (χ0v) is 19.5. The first kappa shape index (κ1) is 23.6. The third kappa shape index (κ3) is 6.96. The number of benzene rings is 3. The van der Waals surface area contributed by atoms with Gasteiger partial charge in [-0.05, 0) is 81.6 Å². The smallest absolute Gasteiger partial charge is 0.255 e. The van der Waals surface area contributed by atoms with Crippen LogP contribution in [0, 0.1) is 0 Å². The third-order valence-corrected chi connectivity index (χ3v) is 5.52. The molecule has 4 heteroatoms. The topological polar surface area (TPSA) is 41.6 Å². The minimum Gasteiger partial charge on any atom is -0.492 e. The van der Waals surface area contributed by atoms with Gasteiger partial charge in [0, 0.05) is 29.9 Å². The summed E-state index contributed by atoms with van der Waals surface area (Å²) in [5.41, 5.74) is 3.84. The van der Waals surface area contributed by atoms with Gasteiger partial charge in [-0.3, -0.25) is 9.69 Å². The highest BCUT2D eigenvalue weighted by molar-refractivity contribution is 6.04. The van der Waals surface area contributed by atoms with Crippen LogP contribution in [0.1, 0.15) is 49.2 Å². The van der Waals surface area contributed by atoms with E-state index in [9.17, 15) is 4.79 Å². The van der Waals surface area contributed by atoms with E-state index < -0.39 is 0 Å². The standard InChI is InChI=1S/C28H34N2O2/c1-21(2)30(22(3)4)18-19-32-27-16-14-26(15-17-27)29-28(31)25-12-10-24(11-13-25)20-23-8-6-5-7-9-23/h5-17,21-22H,18-20H2,1-4H3,(H,29,31). The van der Waals surface area contributed by atoms with E-state index >= 15 is 0 Å². The second kappa shape index (κ2) is 11.5. The van der Waals surface area contributed by atoms with E-state index in [4.69, 9.17) is 4.74 Å². The number of hydrogen-bond acceptors (Lipinski definition) is 3. The number of carbonyl (C=O) groups excluding carboxylic acids is 1. The van der Waals surface area contributed by atoms with Crippen molar-refractivity contribution in [3.05, 3.63) is 95.6 Å². The predicted molar refractivity (Wildman–Crippen MR) is 133 cm³/mol. The van der Waals surface area contributed by atoms with E-state index in [0.29, 0.717) is 24.3 Å². The molecule has 0 aliphatic rings. The fourth-order valence-corrected chi connectivity index (χ4v) is 3.82. The van der Waals surface area contributed by atoms with Crippen molar-refractivity contribution in [1.82, 2.24) is 4.90 Å². The van der Waals surface area contributed by atoms with Crippen LogP contribution in [0.3, 0.4) is 0 Å². The van der Waals surface area contributed by atoms with Crippen LogP contribution in [-0.2, 0) is 6.42 Å². The molecule has 1 N–H and O–H groups in total. The van der Waals surface area contributed by atoms with Crippen LogP contribution in [0.15, 0.2) is 78.9 Å². The maximum atomic E-state index is 12.6. The molecule has 0 unspecified atom stereocenters. The second-order valence-electron chi connectivity index (χ2n) is 8.61. The summed E-state index contributed by atoms with van der Waals surface area (Å²) in [6.07, 6.45) is 0.857. The zero-order chi connectivity index (χ0) is 22.9. The molecule has 0 radical (unpaired) electrons. The van der Waals surface area contributed by atoms with Crippen LogP contribution in [-0.4, -0.2) is 36.0 Å². The first-order valence-electron chi connectivity index (χ1n) is 11.3. The van der Waals surface area contributed by atoms with Crippen molar-refractivity contribution in [2.75, 3.05) is 18.5 Å². The molecule has 1 amide bonds. The molecular formula is C28H34N2O2. The molecule has 0 heterocycles. The van der Waals surface area contributed by atoms with Crippen LogP contribution in [0.4, 0.5) is 5.69 Å². The molecule has 0 aromatic heterocycles. The third-order valence-electron chi connectivity index (χ3n) is 5.52. The van der Waals surface area contributed by atoms with E-state index in [0.717, 1.165) is 24.4 Å². The lowest BCUT2D eigenvalue weighted by atomic mass is 10.0. The Bertz CT molecular complexity index is 957. The molecule has 0 bridgehead atoms. The van der Waals surface area contributed by atoms with Crippen molar-refractivity contribution < 1.29 is 9.53 Å². The van der Waals surface area contributed by atoms with Gasteiger partial charge >= 0.3 is 0 Å². The van der Waals surface area contributed by atoms with Gasteiger partial charge in [0.2, 0.25) is 0 Å². The molecule has 0 aliphatic heterocycles. The van der Waals surface area contributed by atoms with E-state index in [1.165, 1.54) is 11.1 Å². The van der Waals surface area contributed by atoms with Gasteiger partial charge < -0.3 is 10.1 Å². The summed E-state index contributed by atoms with van der Waals surface area (Å²) >= 11 is 0. The lowest BCUT2D eigenvalue weighted by Crippen LogP contribution is -2.39. The highest BCUT2D eigenvalue weighted by atomic mass is 16.5. The van der Waals surface area contributed by atoms with E-state index in [1.54, 1.807) is 0 Å². The number of amides is 1. The van der Waals surface area contributed by atoms with Crippen LogP contribution in [0.2, 0.25) is 0 Å². The summed E-state index contributed by atoms with van der Waals surface area (Å²) in [4.78, 5) is 15.0. The van der Waals surface area contributed by atoms with Crippen molar-refractivity contribution in [1.29, 1.82) is 0 Å². The molecule has 168 valence electrons. The fraction of sp³-hybridized carbons (Fsp3) is 0.321. The zero-order valence-electron chi connectivity index (χ0n) is 19.5. The van der Waals surface area contributed by atoms with Gasteiger partial charge in [0.05, 0.1) is 0 Å². The summed E-state index contributed by atoms with van der Waals surface area (Å²) in [7, 11) is 0. The van der Waals surface area contributed by atoms with Crippen molar-refractivity contribution in [2.24, 2.45) is 0 Å². The van der Waals surface area contributed by atoms with Gasteiger partial charge in [0.15, 0.2) is 0 Å². The molecule has 0 saturated heterocycles. The Labute approximate surface area is 192 Å². The van der Waals surface area contributed by atoms with Crippen LogP contribution >= 0.6 is 0 Å². The Kier molecular flexibility index (Phi) is 8.46. The van der Waals surface area contributed by atoms with Gasteiger partial charge in [0.1, 0.15) is 12.4 Å². The van der Waals surface area contributed by atoms with Crippen molar-refractivity contribution in [3.63, 3.8) is 0 Å². The molecule has 0 fully saturated rings. The van der Waals surface area contributed by atoms with E-state index in [2.05, 4.69) is 50.0 Å². The van der Waals surface area contributed by atoms with E-state index in [1.807, 2.05) is 66.7 Å². The minimum absolute atomic E-state index is 0.116. The highest BCUT2D eigenvalue weighted by Gasteiger charge is 2.13. The molecule has 3 aromatic rings. The van der Waals surface area contributed by atoms with Crippen LogP contribution < -0.4 is 10.1 Å². The summed E-state index contributed by atoms with van der Waals surface area (Å²) < 4.78 is 5.89. The number of ether oxygens (including phenoxy) is 1. The second-order valence-corrected chi connectivity index (χ2v) is 8.61. The quantitative estimate of drug-likeness (QED) is 0.427. The largest absolute Gasteiger partial charge is 0.492 e. The number of hydrogen-bond donors (Lipinski definition) is 1. The summed E-state index contributed by atoms with van der Waals surface area (Å²) in [6, 6.07) is 26.6. The molecule has 0 aliphatic carbocycles. The Morgan fingerprint density at radius 3 is 2.00 bits per heavy atom. The summed E-state index contributed by atoms with van der Waals surface area (Å²) in [5.74, 6) is 0.690. The fourth-order valence-electron chi connectivity index (χ4n) is 3.82. The highest BCUT2D eigenvalue weighted by Crippen LogP contribution is 2.18. The molecule has 32 heavy (non-hydrogen) atoms. The van der Waals surface area contributed by atoms with Crippen LogP contribution in [0.5, 0.6) is 5.75 Å². The van der Waals surface area contributed by atoms with E-state index in [-0.39, 0.29) is 5.91 Å². The monoisotopic (exact) mass is 430 g/mol. The van der Waals surface area contributed by atoms with Crippen molar-refractivity contribution >= 4 is 11.6 Å². The van der Waals surface area contributed by atoms with Gasteiger partial charge in [-0.25, -0.2) is 0 Å². The molecule has 0 atom stereocenters. The lowest BCUT2D eigenvalue weighted by molar-refractivity contribution is 0.102. The van der Waals surface area contributed by atoms with Gasteiger partial charge in [-0.2, -0.15) is 0 Å². The summed E-state index contributed by atoms with van der Waals surface area (Å²) in [5, 5.41) is 2.96. The molecule has 3 aromatic carbocycles. The van der Waals surface area contributed by atoms with Crippen LogP contribution in [0.25, 0.3) is 0 Å². The van der Waals surface area contributed by atoms with Gasteiger partial charge in [-0.15, -0.1) is 0 Å². The number of nitrogens with one attached hydrogen (secondary N) is 1. The first-order valence-corrected chi connectivity index (χ1v) is 11.3. The lowest BCUT2D eigenvalue weighted by Gasteiger charge is -2.30. The normalized spacial score (nSPS) is 11.2. The maximum absolute atomic E-state index is 12.6.